The normalized spacial score (nSPS) is 15.9. The van der Waals surface area contributed by atoms with E-state index >= 15 is 0 Å². The van der Waals surface area contributed by atoms with Gasteiger partial charge in [0.15, 0.2) is 6.29 Å². The zero-order valence-corrected chi connectivity index (χ0v) is 9.50. The van der Waals surface area contributed by atoms with E-state index in [1.54, 1.807) is 6.07 Å². The summed E-state index contributed by atoms with van der Waals surface area (Å²) in [6.45, 7) is 0. The van der Waals surface area contributed by atoms with Crippen molar-refractivity contribution in [1.29, 1.82) is 0 Å². The third-order valence-electron chi connectivity index (χ3n) is 3.12. The van der Waals surface area contributed by atoms with E-state index in [2.05, 4.69) is 4.90 Å². The maximum atomic E-state index is 10.9. The van der Waals surface area contributed by atoms with Crippen LogP contribution in [0, 0.1) is 0 Å². The van der Waals surface area contributed by atoms with Gasteiger partial charge in [-0.05, 0) is 37.5 Å². The molecule has 1 fully saturated rings. The molecule has 2 nitrogen and oxygen atoms in total. The molecule has 0 amide bonds. The molecule has 0 saturated heterocycles. The molecule has 1 aliphatic rings. The lowest BCUT2D eigenvalue weighted by Gasteiger charge is -2.37. The van der Waals surface area contributed by atoms with E-state index in [9.17, 15) is 4.79 Å². The molecule has 0 radical (unpaired) electrons. The van der Waals surface area contributed by atoms with Crippen LogP contribution >= 0.6 is 11.6 Å². The van der Waals surface area contributed by atoms with Gasteiger partial charge in [0, 0.05) is 29.4 Å². The Balaban J connectivity index is 2.29. The first-order valence-electron chi connectivity index (χ1n) is 5.20. The van der Waals surface area contributed by atoms with E-state index in [1.165, 1.54) is 19.3 Å². The van der Waals surface area contributed by atoms with Crippen molar-refractivity contribution in [1.82, 2.24) is 0 Å². The summed E-state index contributed by atoms with van der Waals surface area (Å²) in [7, 11) is 2.04. The fraction of sp³-hybridized carbons (Fsp3) is 0.417. The monoisotopic (exact) mass is 223 g/mol. The third-order valence-corrected chi connectivity index (χ3v) is 3.35. The molecule has 0 atom stereocenters. The molecule has 0 aliphatic heterocycles. The van der Waals surface area contributed by atoms with Crippen molar-refractivity contribution < 1.29 is 4.79 Å². The van der Waals surface area contributed by atoms with E-state index < -0.39 is 0 Å². The summed E-state index contributed by atoms with van der Waals surface area (Å²) >= 11 is 5.85. The summed E-state index contributed by atoms with van der Waals surface area (Å²) < 4.78 is 0. The van der Waals surface area contributed by atoms with Gasteiger partial charge in [0.2, 0.25) is 0 Å². The lowest BCUT2D eigenvalue weighted by Crippen LogP contribution is -2.37. The minimum absolute atomic E-state index is 0.588. The van der Waals surface area contributed by atoms with Crippen LogP contribution in [0.1, 0.15) is 29.6 Å². The molecule has 0 spiro atoms. The second-order valence-corrected chi connectivity index (χ2v) is 4.45. The molecule has 0 heterocycles. The number of hydrogen-bond donors (Lipinski definition) is 0. The maximum Gasteiger partial charge on any atom is 0.152 e. The Labute approximate surface area is 94.8 Å². The fourth-order valence-electron chi connectivity index (χ4n) is 1.91. The van der Waals surface area contributed by atoms with E-state index in [0.717, 1.165) is 12.0 Å². The predicted octanol–water partition coefficient (Wildman–Crippen LogP) is 3.14. The Kier molecular flexibility index (Phi) is 2.96. The molecular formula is C12H14ClNO. The van der Waals surface area contributed by atoms with Gasteiger partial charge >= 0.3 is 0 Å². The van der Waals surface area contributed by atoms with Gasteiger partial charge in [-0.3, -0.25) is 4.79 Å². The maximum absolute atomic E-state index is 10.9. The number of carbonyl (C=O) groups is 1. The van der Waals surface area contributed by atoms with Crippen LogP contribution in [0.2, 0.25) is 5.02 Å². The molecule has 2 rings (SSSR count). The average molecular weight is 224 g/mol. The van der Waals surface area contributed by atoms with Crippen LogP contribution in [0.15, 0.2) is 18.2 Å². The van der Waals surface area contributed by atoms with Crippen LogP contribution in [0.5, 0.6) is 0 Å². The van der Waals surface area contributed by atoms with Gasteiger partial charge in [-0.15, -0.1) is 0 Å². The average Bonchev–Trinajstić information content (AvgIpc) is 2.14. The zero-order chi connectivity index (χ0) is 10.8. The van der Waals surface area contributed by atoms with Crippen molar-refractivity contribution in [3.8, 4) is 0 Å². The number of aldehydes is 1. The van der Waals surface area contributed by atoms with Crippen LogP contribution in [0.25, 0.3) is 0 Å². The predicted molar refractivity (Wildman–Crippen MR) is 62.9 cm³/mol. The fourth-order valence-corrected chi connectivity index (χ4v) is 2.09. The van der Waals surface area contributed by atoms with Crippen LogP contribution < -0.4 is 4.90 Å². The number of carbonyl (C=O) groups excluding carboxylic acids is 1. The van der Waals surface area contributed by atoms with Gasteiger partial charge in [-0.1, -0.05) is 11.6 Å². The van der Waals surface area contributed by atoms with Crippen molar-refractivity contribution in [2.75, 3.05) is 11.9 Å². The second kappa shape index (κ2) is 4.23. The van der Waals surface area contributed by atoms with E-state index in [0.29, 0.717) is 16.6 Å². The van der Waals surface area contributed by atoms with Gasteiger partial charge in [0.25, 0.3) is 0 Å². The smallest absolute Gasteiger partial charge is 0.152 e. The highest BCUT2D eigenvalue weighted by Gasteiger charge is 2.23. The van der Waals surface area contributed by atoms with Gasteiger partial charge in [-0.25, -0.2) is 0 Å². The summed E-state index contributed by atoms with van der Waals surface area (Å²) in [4.78, 5) is 13.1. The Hall–Kier alpha value is -1.02. The molecule has 1 saturated carbocycles. The van der Waals surface area contributed by atoms with Crippen molar-refractivity contribution in [2.45, 2.75) is 25.3 Å². The minimum atomic E-state index is 0.588. The highest BCUT2D eigenvalue weighted by Crippen LogP contribution is 2.30. The molecule has 0 unspecified atom stereocenters. The number of anilines is 1. The molecular weight excluding hydrogens is 210 g/mol. The standard InChI is InChI=1S/C12H14ClNO/c1-14(11-3-2-4-11)12-6-5-10(13)7-9(12)8-15/h5-8,11H,2-4H2,1H3. The van der Waals surface area contributed by atoms with E-state index in [-0.39, 0.29) is 0 Å². The van der Waals surface area contributed by atoms with Crippen molar-refractivity contribution in [3.63, 3.8) is 0 Å². The zero-order valence-electron chi connectivity index (χ0n) is 8.74. The molecule has 15 heavy (non-hydrogen) atoms. The van der Waals surface area contributed by atoms with E-state index in [1.807, 2.05) is 19.2 Å². The van der Waals surface area contributed by atoms with Gasteiger partial charge in [-0.2, -0.15) is 0 Å². The van der Waals surface area contributed by atoms with Gasteiger partial charge in [0.05, 0.1) is 0 Å². The van der Waals surface area contributed by atoms with E-state index in [4.69, 9.17) is 11.6 Å². The molecule has 1 aromatic carbocycles. The third kappa shape index (κ3) is 2.00. The first kappa shape index (κ1) is 10.5. The van der Waals surface area contributed by atoms with Crippen molar-refractivity contribution in [2.24, 2.45) is 0 Å². The SMILES string of the molecule is CN(c1ccc(Cl)cc1C=O)C1CCC1. The Bertz CT molecular complexity index is 374. The molecule has 1 aliphatic carbocycles. The molecule has 1 aromatic rings. The van der Waals surface area contributed by atoms with Crippen LogP contribution in [0.4, 0.5) is 5.69 Å². The highest BCUT2D eigenvalue weighted by molar-refractivity contribution is 6.31. The topological polar surface area (TPSA) is 20.3 Å². The largest absolute Gasteiger partial charge is 0.371 e. The molecule has 80 valence electrons. The Morgan fingerprint density at radius 1 is 1.47 bits per heavy atom. The Morgan fingerprint density at radius 3 is 2.73 bits per heavy atom. The Morgan fingerprint density at radius 2 is 2.20 bits per heavy atom. The van der Waals surface area contributed by atoms with Crippen molar-refractivity contribution in [3.05, 3.63) is 28.8 Å². The summed E-state index contributed by atoms with van der Waals surface area (Å²) in [5.74, 6) is 0. The number of halogens is 1. The second-order valence-electron chi connectivity index (χ2n) is 4.02. The first-order chi connectivity index (χ1) is 7.22. The minimum Gasteiger partial charge on any atom is -0.371 e. The summed E-state index contributed by atoms with van der Waals surface area (Å²) in [5.41, 5.74) is 1.66. The number of rotatable bonds is 3. The van der Waals surface area contributed by atoms with Gasteiger partial charge in [0.1, 0.15) is 0 Å². The summed E-state index contributed by atoms with van der Waals surface area (Å²) in [6.07, 6.45) is 4.60. The lowest BCUT2D eigenvalue weighted by molar-refractivity contribution is 0.112. The van der Waals surface area contributed by atoms with Crippen LogP contribution in [-0.4, -0.2) is 19.4 Å². The summed E-state index contributed by atoms with van der Waals surface area (Å²) in [6, 6.07) is 6.06. The van der Waals surface area contributed by atoms with Gasteiger partial charge < -0.3 is 4.90 Å². The number of nitrogens with zero attached hydrogens (tertiary/aromatic N) is 1. The van der Waals surface area contributed by atoms with Crippen molar-refractivity contribution >= 4 is 23.6 Å². The molecule has 3 heteroatoms. The highest BCUT2D eigenvalue weighted by atomic mass is 35.5. The van der Waals surface area contributed by atoms with Crippen LogP contribution in [0.3, 0.4) is 0 Å². The first-order valence-corrected chi connectivity index (χ1v) is 5.57. The van der Waals surface area contributed by atoms with Crippen LogP contribution in [-0.2, 0) is 0 Å². The quantitative estimate of drug-likeness (QED) is 0.734. The lowest BCUT2D eigenvalue weighted by atomic mass is 9.91. The number of hydrogen-bond acceptors (Lipinski definition) is 2. The molecule has 0 aromatic heterocycles. The number of benzene rings is 1. The molecule has 0 bridgehead atoms. The molecule has 0 N–H and O–H groups in total. The summed E-state index contributed by atoms with van der Waals surface area (Å²) in [5, 5.41) is 0.614.